The maximum atomic E-state index is 12.4. The molecule has 1 atom stereocenters. The predicted molar refractivity (Wildman–Crippen MR) is 96.9 cm³/mol. The first-order valence-corrected chi connectivity index (χ1v) is 8.02. The fourth-order valence-electron chi connectivity index (χ4n) is 2.38. The smallest absolute Gasteiger partial charge is 0.265 e. The number of anilines is 1. The van der Waals surface area contributed by atoms with E-state index in [0.717, 1.165) is 11.3 Å². The molecule has 4 heteroatoms. The summed E-state index contributed by atoms with van der Waals surface area (Å²) in [5, 5.41) is 2.85. The number of hydrogen-bond donors (Lipinski definition) is 1. The summed E-state index contributed by atoms with van der Waals surface area (Å²) >= 11 is 0. The summed E-state index contributed by atoms with van der Waals surface area (Å²) in [5.41, 5.74) is 1.70. The molecule has 0 bridgehead atoms. The molecule has 0 saturated heterocycles. The van der Waals surface area contributed by atoms with E-state index in [0.29, 0.717) is 11.4 Å². The number of methoxy groups -OCH3 is 1. The zero-order valence-corrected chi connectivity index (χ0v) is 14.9. The summed E-state index contributed by atoms with van der Waals surface area (Å²) < 4.78 is 11.1. The Morgan fingerprint density at radius 2 is 1.79 bits per heavy atom. The molecule has 0 aliphatic rings. The van der Waals surface area contributed by atoms with Gasteiger partial charge in [0.05, 0.1) is 7.11 Å². The third kappa shape index (κ3) is 4.51. The molecule has 0 saturated carbocycles. The van der Waals surface area contributed by atoms with Crippen molar-refractivity contribution in [1.82, 2.24) is 0 Å². The molecule has 24 heavy (non-hydrogen) atoms. The lowest BCUT2D eigenvalue weighted by molar-refractivity contribution is -0.122. The van der Waals surface area contributed by atoms with Gasteiger partial charge in [0.25, 0.3) is 5.91 Å². The molecule has 0 aliphatic heterocycles. The molecule has 0 fully saturated rings. The van der Waals surface area contributed by atoms with Gasteiger partial charge in [0.15, 0.2) is 6.10 Å². The highest BCUT2D eigenvalue weighted by Crippen LogP contribution is 2.31. The van der Waals surface area contributed by atoms with Crippen LogP contribution in [0.3, 0.4) is 0 Å². The van der Waals surface area contributed by atoms with Crippen LogP contribution in [0.5, 0.6) is 11.5 Å². The number of nitrogens with one attached hydrogen (secondary N) is 1. The summed E-state index contributed by atoms with van der Waals surface area (Å²) in [6, 6.07) is 15.1. The fraction of sp³-hybridized carbons (Fsp3) is 0.350. The standard InChI is InChI=1S/C20H25NO3/c1-14(19(22)21-15-9-8-10-16(13-15)23-5)24-18-12-7-6-11-17(18)20(2,3)4/h6-14H,1-5H3,(H,21,22). The number of ether oxygens (including phenoxy) is 2. The van der Waals surface area contributed by atoms with Crippen molar-refractivity contribution in [2.24, 2.45) is 0 Å². The molecule has 0 heterocycles. The van der Waals surface area contributed by atoms with Crippen LogP contribution < -0.4 is 14.8 Å². The van der Waals surface area contributed by atoms with Crippen LogP contribution in [0.4, 0.5) is 5.69 Å². The van der Waals surface area contributed by atoms with Crippen LogP contribution in [0.2, 0.25) is 0 Å². The SMILES string of the molecule is COc1cccc(NC(=O)C(C)Oc2ccccc2C(C)(C)C)c1. The number of rotatable bonds is 5. The van der Waals surface area contributed by atoms with E-state index >= 15 is 0 Å². The number of carbonyl (C=O) groups is 1. The van der Waals surface area contributed by atoms with Crippen molar-refractivity contribution in [1.29, 1.82) is 0 Å². The van der Waals surface area contributed by atoms with Crippen LogP contribution in [0, 0.1) is 0 Å². The second-order valence-electron chi connectivity index (χ2n) is 6.73. The van der Waals surface area contributed by atoms with Crippen molar-refractivity contribution < 1.29 is 14.3 Å². The number of para-hydroxylation sites is 1. The Kier molecular flexibility index (Phi) is 5.50. The van der Waals surface area contributed by atoms with E-state index in [-0.39, 0.29) is 11.3 Å². The average Bonchev–Trinajstić information content (AvgIpc) is 2.54. The number of hydrogen-bond acceptors (Lipinski definition) is 3. The molecule has 0 aliphatic carbocycles. The van der Waals surface area contributed by atoms with E-state index in [1.54, 1.807) is 20.1 Å². The largest absolute Gasteiger partial charge is 0.497 e. The van der Waals surface area contributed by atoms with E-state index in [1.165, 1.54) is 0 Å². The minimum atomic E-state index is -0.611. The Morgan fingerprint density at radius 3 is 2.46 bits per heavy atom. The van der Waals surface area contributed by atoms with Crippen molar-refractivity contribution in [2.45, 2.75) is 39.2 Å². The van der Waals surface area contributed by atoms with Gasteiger partial charge < -0.3 is 14.8 Å². The molecule has 0 aromatic heterocycles. The van der Waals surface area contributed by atoms with Gasteiger partial charge in [0.2, 0.25) is 0 Å². The van der Waals surface area contributed by atoms with E-state index in [4.69, 9.17) is 9.47 Å². The van der Waals surface area contributed by atoms with Gasteiger partial charge in [0.1, 0.15) is 11.5 Å². The van der Waals surface area contributed by atoms with Crippen LogP contribution in [0.15, 0.2) is 48.5 Å². The first-order valence-electron chi connectivity index (χ1n) is 8.02. The molecule has 0 spiro atoms. The molecule has 2 rings (SSSR count). The minimum absolute atomic E-state index is 0.0560. The summed E-state index contributed by atoms with van der Waals surface area (Å²) in [5.74, 6) is 1.23. The Bertz CT molecular complexity index is 704. The predicted octanol–water partition coefficient (Wildman–Crippen LogP) is 4.40. The van der Waals surface area contributed by atoms with E-state index in [9.17, 15) is 4.79 Å². The second kappa shape index (κ2) is 7.39. The summed E-state index contributed by atoms with van der Waals surface area (Å²) in [6.07, 6.45) is -0.611. The van der Waals surface area contributed by atoms with Crippen LogP contribution in [-0.4, -0.2) is 19.1 Å². The molecule has 1 N–H and O–H groups in total. The fourth-order valence-corrected chi connectivity index (χ4v) is 2.38. The number of carbonyl (C=O) groups excluding carboxylic acids is 1. The van der Waals surface area contributed by atoms with Gasteiger partial charge in [-0.05, 0) is 36.1 Å². The quantitative estimate of drug-likeness (QED) is 0.885. The summed E-state index contributed by atoms with van der Waals surface area (Å²) in [4.78, 5) is 12.4. The van der Waals surface area contributed by atoms with Gasteiger partial charge in [-0.3, -0.25) is 4.79 Å². The number of benzene rings is 2. The topological polar surface area (TPSA) is 47.6 Å². The average molecular weight is 327 g/mol. The highest BCUT2D eigenvalue weighted by Gasteiger charge is 2.22. The second-order valence-corrected chi connectivity index (χ2v) is 6.73. The highest BCUT2D eigenvalue weighted by molar-refractivity contribution is 5.94. The molecule has 2 aromatic rings. The lowest BCUT2D eigenvalue weighted by atomic mass is 9.86. The van der Waals surface area contributed by atoms with Crippen LogP contribution in [-0.2, 0) is 10.2 Å². The first-order chi connectivity index (χ1) is 11.3. The summed E-state index contributed by atoms with van der Waals surface area (Å²) in [7, 11) is 1.59. The lowest BCUT2D eigenvalue weighted by Gasteiger charge is -2.24. The maximum absolute atomic E-state index is 12.4. The Hall–Kier alpha value is -2.49. The van der Waals surface area contributed by atoms with E-state index < -0.39 is 6.10 Å². The molecule has 2 aromatic carbocycles. The molecule has 0 radical (unpaired) electrons. The van der Waals surface area contributed by atoms with Gasteiger partial charge in [-0.25, -0.2) is 0 Å². The molecule has 1 amide bonds. The van der Waals surface area contributed by atoms with E-state index in [2.05, 4.69) is 26.1 Å². The van der Waals surface area contributed by atoms with Crippen molar-refractivity contribution >= 4 is 11.6 Å². The molecule has 128 valence electrons. The maximum Gasteiger partial charge on any atom is 0.265 e. The van der Waals surface area contributed by atoms with Gasteiger partial charge in [-0.1, -0.05) is 45.0 Å². The minimum Gasteiger partial charge on any atom is -0.497 e. The third-order valence-corrected chi connectivity index (χ3v) is 3.71. The Balaban J connectivity index is 2.09. The van der Waals surface area contributed by atoms with Gasteiger partial charge in [0, 0.05) is 11.8 Å². The van der Waals surface area contributed by atoms with Crippen molar-refractivity contribution in [3.63, 3.8) is 0 Å². The molecule has 1 unspecified atom stereocenters. The van der Waals surface area contributed by atoms with Gasteiger partial charge in [-0.15, -0.1) is 0 Å². The summed E-state index contributed by atoms with van der Waals surface area (Å²) in [6.45, 7) is 8.11. The molecular formula is C20H25NO3. The lowest BCUT2D eigenvalue weighted by Crippen LogP contribution is -2.31. The Morgan fingerprint density at radius 1 is 1.08 bits per heavy atom. The zero-order valence-electron chi connectivity index (χ0n) is 14.9. The monoisotopic (exact) mass is 327 g/mol. The van der Waals surface area contributed by atoms with Gasteiger partial charge in [-0.2, -0.15) is 0 Å². The normalized spacial score (nSPS) is 12.4. The van der Waals surface area contributed by atoms with Crippen molar-refractivity contribution in [3.8, 4) is 11.5 Å². The van der Waals surface area contributed by atoms with Crippen LogP contribution in [0.25, 0.3) is 0 Å². The first kappa shape index (κ1) is 17.9. The molecular weight excluding hydrogens is 302 g/mol. The number of amides is 1. The van der Waals surface area contributed by atoms with Crippen LogP contribution >= 0.6 is 0 Å². The molecule has 4 nitrogen and oxygen atoms in total. The highest BCUT2D eigenvalue weighted by atomic mass is 16.5. The van der Waals surface area contributed by atoms with Crippen LogP contribution in [0.1, 0.15) is 33.3 Å². The van der Waals surface area contributed by atoms with Crippen molar-refractivity contribution in [3.05, 3.63) is 54.1 Å². The van der Waals surface area contributed by atoms with E-state index in [1.807, 2.05) is 42.5 Å². The Labute approximate surface area is 143 Å². The third-order valence-electron chi connectivity index (χ3n) is 3.71. The van der Waals surface area contributed by atoms with Gasteiger partial charge >= 0.3 is 0 Å². The van der Waals surface area contributed by atoms with Crippen molar-refractivity contribution in [2.75, 3.05) is 12.4 Å². The zero-order chi connectivity index (χ0) is 17.7.